The Hall–Kier alpha value is -1.45. The van der Waals surface area contributed by atoms with E-state index in [4.69, 9.17) is 4.74 Å². The number of carboxylic acid groups (broad SMARTS) is 1. The van der Waals surface area contributed by atoms with Crippen LogP contribution in [0.25, 0.3) is 0 Å². The van der Waals surface area contributed by atoms with Gasteiger partial charge in [0.15, 0.2) is 0 Å². The zero-order chi connectivity index (χ0) is 21.7. The molecule has 8 nitrogen and oxygen atoms in total. The maximum Gasteiger partial charge on any atom is 0.310 e. The van der Waals surface area contributed by atoms with E-state index in [0.717, 1.165) is 0 Å². The number of aliphatic hydroxyl groups is 1. The maximum atomic E-state index is 13.7. The third-order valence-electron chi connectivity index (χ3n) is 6.55. The molecule has 3 heterocycles. The number of nitrogens with zero attached hydrogens (tertiary/aromatic N) is 2. The van der Waals surface area contributed by atoms with Gasteiger partial charge in [-0.05, 0) is 26.7 Å². The quantitative estimate of drug-likeness (QED) is 0.403. The smallest absolute Gasteiger partial charge is 0.310 e. The summed E-state index contributed by atoms with van der Waals surface area (Å²) in [5.74, 6) is -3.78. The van der Waals surface area contributed by atoms with Crippen molar-refractivity contribution in [3.05, 3.63) is 12.7 Å². The zero-order valence-electron chi connectivity index (χ0n) is 17.0. The van der Waals surface area contributed by atoms with Crippen LogP contribution in [0.2, 0.25) is 0 Å². The molecule has 3 aliphatic rings. The van der Waals surface area contributed by atoms with Crippen molar-refractivity contribution < 1.29 is 29.3 Å². The number of aliphatic carboxylic acids is 1. The Kier molecular flexibility index (Phi) is 6.13. The molecule has 9 heteroatoms. The molecule has 3 rings (SSSR count). The van der Waals surface area contributed by atoms with Gasteiger partial charge in [-0.2, -0.15) is 0 Å². The van der Waals surface area contributed by atoms with E-state index < -0.39 is 47.5 Å². The molecule has 0 aliphatic carbocycles. The summed E-state index contributed by atoms with van der Waals surface area (Å²) in [7, 11) is 0. The fraction of sp³-hybridized carbons (Fsp3) is 0.750. The van der Waals surface area contributed by atoms with E-state index in [0.29, 0.717) is 19.4 Å². The number of fused-ring (bicyclic) bond motifs is 1. The van der Waals surface area contributed by atoms with Crippen LogP contribution >= 0.6 is 15.9 Å². The highest BCUT2D eigenvalue weighted by Crippen LogP contribution is 2.60. The van der Waals surface area contributed by atoms with E-state index in [1.54, 1.807) is 11.0 Å². The van der Waals surface area contributed by atoms with E-state index in [1.165, 1.54) is 4.90 Å². The molecule has 2 N–H and O–H groups in total. The number of hydrogen-bond donors (Lipinski definition) is 2. The molecule has 3 unspecified atom stereocenters. The minimum atomic E-state index is -1.22. The second-order valence-corrected chi connectivity index (χ2v) is 9.54. The fourth-order valence-corrected chi connectivity index (χ4v) is 6.23. The van der Waals surface area contributed by atoms with Gasteiger partial charge in [0.1, 0.15) is 11.6 Å². The Morgan fingerprint density at radius 1 is 1.48 bits per heavy atom. The molecule has 2 bridgehead atoms. The second-order valence-electron chi connectivity index (χ2n) is 8.36. The van der Waals surface area contributed by atoms with Crippen LogP contribution in [0.1, 0.15) is 33.6 Å². The summed E-state index contributed by atoms with van der Waals surface area (Å²) in [6, 6.07) is -1.70. The summed E-state index contributed by atoms with van der Waals surface area (Å²) >= 11 is 3.51. The summed E-state index contributed by atoms with van der Waals surface area (Å²) in [6.45, 7) is 9.29. The van der Waals surface area contributed by atoms with Gasteiger partial charge in [-0.25, -0.2) is 0 Å². The van der Waals surface area contributed by atoms with Crippen molar-refractivity contribution in [2.45, 2.75) is 68.3 Å². The highest BCUT2D eigenvalue weighted by molar-refractivity contribution is 9.09. The molecule has 0 aromatic heterocycles. The molecule has 0 radical (unpaired) electrons. The average molecular weight is 473 g/mol. The molecule has 7 atom stereocenters. The van der Waals surface area contributed by atoms with Crippen LogP contribution in [-0.4, -0.2) is 85.6 Å². The van der Waals surface area contributed by atoms with Crippen molar-refractivity contribution in [3.63, 3.8) is 0 Å². The lowest BCUT2D eigenvalue weighted by Gasteiger charge is -2.40. The molecule has 3 fully saturated rings. The number of amides is 2. The lowest BCUT2D eigenvalue weighted by atomic mass is 9.70. The number of rotatable bonds is 8. The van der Waals surface area contributed by atoms with Crippen molar-refractivity contribution in [1.29, 1.82) is 0 Å². The molecule has 0 aromatic carbocycles. The Bertz CT molecular complexity index is 711. The molecular formula is C20H29BrN2O6. The monoisotopic (exact) mass is 472 g/mol. The molecule has 29 heavy (non-hydrogen) atoms. The van der Waals surface area contributed by atoms with Crippen molar-refractivity contribution in [1.82, 2.24) is 9.80 Å². The van der Waals surface area contributed by atoms with Gasteiger partial charge in [0.05, 0.1) is 30.6 Å². The standard InChI is InChI=1S/C20H29BrN2O6/c1-5-7-22(10(3)4)18(26)16-20-8-12(21)15(29-20)13(19(27)28)14(20)17(25)23(16)11(6-2)9-24/h5,10-16,24H,1,6-9H2,2-4H3,(H,27,28)/t11-,12?,13+,14-,15+,16?,20?/m0/s1. The van der Waals surface area contributed by atoms with Crippen LogP contribution in [0.3, 0.4) is 0 Å². The number of carbonyl (C=O) groups is 3. The second kappa shape index (κ2) is 8.00. The number of likely N-dealkylation sites (tertiary alicyclic amines) is 1. The molecule has 0 aromatic rings. The average Bonchev–Trinajstić information content (AvgIpc) is 3.24. The fourth-order valence-electron chi connectivity index (χ4n) is 5.29. The van der Waals surface area contributed by atoms with Crippen LogP contribution in [-0.2, 0) is 19.1 Å². The highest BCUT2D eigenvalue weighted by Gasteiger charge is 2.77. The van der Waals surface area contributed by atoms with Crippen LogP contribution in [0.4, 0.5) is 0 Å². The minimum absolute atomic E-state index is 0.143. The first-order chi connectivity index (χ1) is 13.7. The van der Waals surface area contributed by atoms with E-state index in [1.807, 2.05) is 20.8 Å². The van der Waals surface area contributed by atoms with Gasteiger partial charge in [0, 0.05) is 17.4 Å². The summed E-state index contributed by atoms with van der Waals surface area (Å²) in [6.07, 6.45) is 1.77. The van der Waals surface area contributed by atoms with Gasteiger partial charge < -0.3 is 24.7 Å². The molecular weight excluding hydrogens is 444 g/mol. The van der Waals surface area contributed by atoms with Crippen LogP contribution in [0.5, 0.6) is 0 Å². The largest absolute Gasteiger partial charge is 0.481 e. The number of ether oxygens (including phenoxy) is 1. The number of carboxylic acids is 1. The number of alkyl halides is 1. The van der Waals surface area contributed by atoms with E-state index in [-0.39, 0.29) is 23.4 Å². The topological polar surface area (TPSA) is 107 Å². The van der Waals surface area contributed by atoms with Crippen molar-refractivity contribution in [2.75, 3.05) is 13.2 Å². The van der Waals surface area contributed by atoms with Crippen molar-refractivity contribution in [2.24, 2.45) is 11.8 Å². The van der Waals surface area contributed by atoms with E-state index in [2.05, 4.69) is 22.5 Å². The van der Waals surface area contributed by atoms with E-state index in [9.17, 15) is 24.6 Å². The maximum absolute atomic E-state index is 13.7. The molecule has 3 saturated heterocycles. The first-order valence-corrected chi connectivity index (χ1v) is 11.0. The first kappa shape index (κ1) is 22.2. The third kappa shape index (κ3) is 3.13. The Balaban J connectivity index is 2.14. The summed E-state index contributed by atoms with van der Waals surface area (Å²) in [5, 5.41) is 19.7. The van der Waals surface area contributed by atoms with Crippen LogP contribution in [0.15, 0.2) is 12.7 Å². The van der Waals surface area contributed by atoms with Gasteiger partial charge in [-0.1, -0.05) is 28.9 Å². The lowest BCUT2D eigenvalue weighted by Crippen LogP contribution is -2.59. The van der Waals surface area contributed by atoms with Gasteiger partial charge in [-0.15, -0.1) is 6.58 Å². The number of carbonyl (C=O) groups excluding carboxylic acids is 2. The molecule has 2 amide bonds. The number of aliphatic hydroxyl groups excluding tert-OH is 1. The Morgan fingerprint density at radius 2 is 2.14 bits per heavy atom. The van der Waals surface area contributed by atoms with Crippen molar-refractivity contribution >= 4 is 33.7 Å². The zero-order valence-corrected chi connectivity index (χ0v) is 18.5. The summed E-state index contributed by atoms with van der Waals surface area (Å²) in [5.41, 5.74) is -1.22. The van der Waals surface area contributed by atoms with Crippen molar-refractivity contribution in [3.8, 4) is 0 Å². The SMILES string of the molecule is C=CCN(C(=O)C1N([C@@H](CC)CO)C(=O)[C@@H]2[C@@H](C(=O)O)[C@@H]3OC12CC3Br)C(C)C. The Morgan fingerprint density at radius 3 is 2.62 bits per heavy atom. The molecule has 3 aliphatic heterocycles. The van der Waals surface area contributed by atoms with Crippen LogP contribution < -0.4 is 0 Å². The highest BCUT2D eigenvalue weighted by atomic mass is 79.9. The third-order valence-corrected chi connectivity index (χ3v) is 7.40. The van der Waals surface area contributed by atoms with Crippen LogP contribution in [0, 0.1) is 11.8 Å². The predicted octanol–water partition coefficient (Wildman–Crippen LogP) is 1.01. The molecule has 162 valence electrons. The van der Waals surface area contributed by atoms with Gasteiger partial charge in [0.25, 0.3) is 0 Å². The molecule has 1 spiro atoms. The first-order valence-electron chi connectivity index (χ1n) is 10.0. The number of halogens is 1. The van der Waals surface area contributed by atoms with Gasteiger partial charge in [-0.3, -0.25) is 14.4 Å². The summed E-state index contributed by atoms with van der Waals surface area (Å²) in [4.78, 5) is 42.0. The normalized spacial score (nSPS) is 36.4. The van der Waals surface area contributed by atoms with Gasteiger partial charge in [0.2, 0.25) is 11.8 Å². The minimum Gasteiger partial charge on any atom is -0.481 e. The van der Waals surface area contributed by atoms with E-state index >= 15 is 0 Å². The predicted molar refractivity (Wildman–Crippen MR) is 108 cm³/mol. The summed E-state index contributed by atoms with van der Waals surface area (Å²) < 4.78 is 6.21. The molecule has 0 saturated carbocycles. The van der Waals surface area contributed by atoms with Gasteiger partial charge >= 0.3 is 5.97 Å². The lowest BCUT2D eigenvalue weighted by molar-refractivity contribution is -0.154. The number of hydrogen-bond acceptors (Lipinski definition) is 5. The Labute approximate surface area is 179 Å².